The zero-order chi connectivity index (χ0) is 24.8. The highest BCUT2D eigenvalue weighted by atomic mass is 35.5. The van der Waals surface area contributed by atoms with E-state index in [9.17, 15) is 9.59 Å². The van der Waals surface area contributed by atoms with Crippen molar-refractivity contribution in [3.8, 4) is 22.3 Å². The van der Waals surface area contributed by atoms with Crippen LogP contribution in [0.15, 0.2) is 85.3 Å². The molecule has 3 aromatic carbocycles. The minimum atomic E-state index is -0.862. The maximum atomic E-state index is 12.6. The van der Waals surface area contributed by atoms with Crippen LogP contribution in [0.2, 0.25) is 5.02 Å². The number of carboxylic acid groups (broad SMARTS) is 1. The van der Waals surface area contributed by atoms with Gasteiger partial charge in [-0.2, -0.15) is 0 Å². The van der Waals surface area contributed by atoms with Gasteiger partial charge in [0.25, 0.3) is 0 Å². The Hall–Kier alpha value is -4.23. The number of carbonyl (C=O) groups excluding carboxylic acids is 1. The normalized spacial score (nSPS) is 11.5. The van der Waals surface area contributed by atoms with Gasteiger partial charge in [0, 0.05) is 22.3 Å². The summed E-state index contributed by atoms with van der Waals surface area (Å²) in [6.45, 7) is 1.74. The van der Waals surface area contributed by atoms with Crippen LogP contribution in [0.25, 0.3) is 22.3 Å². The Kier molecular flexibility index (Phi) is 7.38. The van der Waals surface area contributed by atoms with Crippen molar-refractivity contribution in [2.75, 3.05) is 5.32 Å². The molecule has 1 heterocycles. The first kappa shape index (κ1) is 23.9. The molecule has 0 radical (unpaired) electrons. The Labute approximate surface area is 207 Å². The first-order chi connectivity index (χ1) is 16.9. The van der Waals surface area contributed by atoms with E-state index in [1.165, 1.54) is 6.33 Å². The van der Waals surface area contributed by atoms with Crippen LogP contribution in [-0.2, 0) is 16.0 Å². The fourth-order valence-corrected chi connectivity index (χ4v) is 3.92. The number of aliphatic carboxylic acids is 1. The molecule has 4 aromatic rings. The number of nitrogens with zero attached hydrogens (tertiary/aromatic N) is 2. The van der Waals surface area contributed by atoms with Crippen molar-refractivity contribution in [3.63, 3.8) is 0 Å². The third-order valence-electron chi connectivity index (χ3n) is 5.40. The van der Waals surface area contributed by atoms with Gasteiger partial charge < -0.3 is 9.84 Å². The molecule has 0 fully saturated rings. The Morgan fingerprint density at radius 2 is 1.60 bits per heavy atom. The number of hydrogen-bond acceptors (Lipinski definition) is 5. The summed E-state index contributed by atoms with van der Waals surface area (Å²) >= 11 is 6.20. The highest BCUT2D eigenvalue weighted by Crippen LogP contribution is 2.30. The van der Waals surface area contributed by atoms with E-state index in [0.29, 0.717) is 22.0 Å². The van der Waals surface area contributed by atoms with Gasteiger partial charge in [0.2, 0.25) is 0 Å². The molecule has 0 aliphatic heterocycles. The molecule has 35 heavy (non-hydrogen) atoms. The zero-order valence-corrected chi connectivity index (χ0v) is 19.6. The SMILES string of the molecule is CC(OC(=O)Nc1ncncc1-c1ccc(-c2ccc(CC(=O)O)cc2)cc1)c1ccccc1Cl. The van der Waals surface area contributed by atoms with Crippen LogP contribution < -0.4 is 5.32 Å². The van der Waals surface area contributed by atoms with Crippen LogP contribution >= 0.6 is 11.6 Å². The summed E-state index contributed by atoms with van der Waals surface area (Å²) in [6.07, 6.45) is 1.76. The second kappa shape index (κ2) is 10.8. The second-order valence-electron chi connectivity index (χ2n) is 7.82. The fraction of sp³-hybridized carbons (Fsp3) is 0.111. The number of halogens is 1. The molecule has 1 atom stereocenters. The fourth-order valence-electron chi connectivity index (χ4n) is 3.63. The minimum absolute atomic E-state index is 0.0113. The third-order valence-corrected chi connectivity index (χ3v) is 5.74. The van der Waals surface area contributed by atoms with E-state index < -0.39 is 18.2 Å². The molecule has 0 aliphatic rings. The molecule has 7 nitrogen and oxygen atoms in total. The largest absolute Gasteiger partial charge is 0.481 e. The molecule has 0 bridgehead atoms. The van der Waals surface area contributed by atoms with Crippen LogP contribution in [0.5, 0.6) is 0 Å². The van der Waals surface area contributed by atoms with Crippen molar-refractivity contribution < 1.29 is 19.4 Å². The molecular formula is C27H22ClN3O4. The monoisotopic (exact) mass is 487 g/mol. The molecule has 8 heteroatoms. The van der Waals surface area contributed by atoms with Crippen molar-refractivity contribution >= 4 is 29.5 Å². The summed E-state index contributed by atoms with van der Waals surface area (Å²) in [5, 5.41) is 12.1. The van der Waals surface area contributed by atoms with Gasteiger partial charge in [-0.15, -0.1) is 0 Å². The molecular weight excluding hydrogens is 466 g/mol. The molecule has 0 saturated carbocycles. The van der Waals surface area contributed by atoms with E-state index in [4.69, 9.17) is 21.4 Å². The highest BCUT2D eigenvalue weighted by molar-refractivity contribution is 6.31. The number of benzene rings is 3. The van der Waals surface area contributed by atoms with Gasteiger partial charge >= 0.3 is 12.1 Å². The Bertz CT molecular complexity index is 1340. The van der Waals surface area contributed by atoms with Crippen molar-refractivity contribution in [2.24, 2.45) is 0 Å². The van der Waals surface area contributed by atoms with Gasteiger partial charge in [0.1, 0.15) is 18.2 Å². The summed E-state index contributed by atoms with van der Waals surface area (Å²) < 4.78 is 5.49. The summed E-state index contributed by atoms with van der Waals surface area (Å²) in [5.74, 6) is -0.541. The Morgan fingerprint density at radius 1 is 0.971 bits per heavy atom. The maximum Gasteiger partial charge on any atom is 0.413 e. The Morgan fingerprint density at radius 3 is 2.26 bits per heavy atom. The summed E-state index contributed by atoms with van der Waals surface area (Å²) in [4.78, 5) is 31.7. The van der Waals surface area contributed by atoms with Crippen molar-refractivity contribution in [3.05, 3.63) is 101 Å². The van der Waals surface area contributed by atoms with Gasteiger partial charge in [0.15, 0.2) is 0 Å². The van der Waals surface area contributed by atoms with E-state index in [2.05, 4.69) is 15.3 Å². The molecule has 0 saturated heterocycles. The highest BCUT2D eigenvalue weighted by Gasteiger charge is 2.17. The van der Waals surface area contributed by atoms with Gasteiger partial charge in [-0.1, -0.05) is 78.3 Å². The minimum Gasteiger partial charge on any atom is -0.481 e. The zero-order valence-electron chi connectivity index (χ0n) is 18.8. The summed E-state index contributed by atoms with van der Waals surface area (Å²) in [5.41, 5.74) is 4.83. The molecule has 1 unspecified atom stereocenters. The lowest BCUT2D eigenvalue weighted by Gasteiger charge is -2.16. The van der Waals surface area contributed by atoms with Gasteiger partial charge in [-0.05, 0) is 35.2 Å². The first-order valence-electron chi connectivity index (χ1n) is 10.8. The number of aromatic nitrogens is 2. The van der Waals surface area contributed by atoms with Crippen LogP contribution in [0, 0.1) is 0 Å². The standard InChI is InChI=1S/C27H22ClN3O4/c1-17(22-4-2-3-5-24(22)28)35-27(34)31-26-23(15-29-16-30-26)21-12-10-20(11-13-21)19-8-6-18(7-9-19)14-25(32)33/h2-13,15-17H,14H2,1H3,(H,32,33)(H,29,30,31,34). The molecule has 1 amide bonds. The average molecular weight is 488 g/mol. The third kappa shape index (κ3) is 6.02. The van der Waals surface area contributed by atoms with Crippen molar-refractivity contribution in [1.29, 1.82) is 0 Å². The molecule has 0 spiro atoms. The molecule has 176 valence electrons. The summed E-state index contributed by atoms with van der Waals surface area (Å²) in [7, 11) is 0. The topological polar surface area (TPSA) is 101 Å². The smallest absolute Gasteiger partial charge is 0.413 e. The Balaban J connectivity index is 1.48. The first-order valence-corrected chi connectivity index (χ1v) is 11.2. The van der Waals surface area contributed by atoms with Gasteiger partial charge in [0.05, 0.1) is 6.42 Å². The van der Waals surface area contributed by atoms with E-state index in [0.717, 1.165) is 22.3 Å². The van der Waals surface area contributed by atoms with E-state index >= 15 is 0 Å². The number of ether oxygens (including phenoxy) is 1. The average Bonchev–Trinajstić information content (AvgIpc) is 2.85. The predicted octanol–water partition coefficient (Wildman–Crippen LogP) is 6.40. The lowest BCUT2D eigenvalue weighted by molar-refractivity contribution is -0.136. The number of carboxylic acids is 1. The number of hydrogen-bond donors (Lipinski definition) is 2. The van der Waals surface area contributed by atoms with Crippen LogP contribution in [-0.4, -0.2) is 27.1 Å². The quantitative estimate of drug-likeness (QED) is 0.312. The molecule has 2 N–H and O–H groups in total. The van der Waals surface area contributed by atoms with Gasteiger partial charge in [-0.25, -0.2) is 14.8 Å². The number of nitrogens with one attached hydrogen (secondary N) is 1. The van der Waals surface area contributed by atoms with Crippen LogP contribution in [0.3, 0.4) is 0 Å². The lowest BCUT2D eigenvalue weighted by Crippen LogP contribution is -2.17. The van der Waals surface area contributed by atoms with Crippen LogP contribution in [0.4, 0.5) is 10.6 Å². The number of carbonyl (C=O) groups is 2. The van der Waals surface area contributed by atoms with E-state index in [1.54, 1.807) is 37.4 Å². The molecule has 4 rings (SSSR count). The van der Waals surface area contributed by atoms with Crippen molar-refractivity contribution in [2.45, 2.75) is 19.4 Å². The predicted molar refractivity (Wildman–Crippen MR) is 134 cm³/mol. The number of anilines is 1. The van der Waals surface area contributed by atoms with E-state index in [-0.39, 0.29) is 6.42 Å². The van der Waals surface area contributed by atoms with Crippen LogP contribution in [0.1, 0.15) is 24.2 Å². The van der Waals surface area contributed by atoms with Gasteiger partial charge in [-0.3, -0.25) is 10.1 Å². The maximum absolute atomic E-state index is 12.6. The number of rotatable bonds is 7. The molecule has 0 aliphatic carbocycles. The second-order valence-corrected chi connectivity index (χ2v) is 8.23. The van der Waals surface area contributed by atoms with Crippen molar-refractivity contribution in [1.82, 2.24) is 9.97 Å². The number of amides is 1. The summed E-state index contributed by atoms with van der Waals surface area (Å²) in [6, 6.07) is 22.3. The molecule has 1 aromatic heterocycles. The van der Waals surface area contributed by atoms with E-state index in [1.807, 2.05) is 48.5 Å². The lowest BCUT2D eigenvalue weighted by atomic mass is 10.00.